The Morgan fingerprint density at radius 2 is 1.09 bits per heavy atom. The summed E-state index contributed by atoms with van der Waals surface area (Å²) in [6.45, 7) is 6.53. The third-order valence-corrected chi connectivity index (χ3v) is 4.83. The quantitative estimate of drug-likeness (QED) is 0.210. The number of H-pyrrole nitrogens is 3. The average Bonchev–Trinajstić information content (AvgIpc) is 2.75. The zero-order chi connectivity index (χ0) is 21.5. The van der Waals surface area contributed by atoms with Crippen LogP contribution in [0.3, 0.4) is 0 Å². The van der Waals surface area contributed by atoms with Crippen LogP contribution in [0.15, 0.2) is 73.1 Å². The molecule has 0 radical (unpaired) electrons. The first-order valence-electron chi connectivity index (χ1n) is 9.75. The summed E-state index contributed by atoms with van der Waals surface area (Å²) in [5.41, 5.74) is 10.6. The fourth-order valence-electron chi connectivity index (χ4n) is 3.76. The third kappa shape index (κ3) is 8.61. The van der Waals surface area contributed by atoms with Crippen molar-refractivity contribution in [1.82, 2.24) is 0 Å². The number of hydrogen-bond donors (Lipinski definition) is 0. The fraction of sp³-hybridized carbons (Fsp3) is 0.160. The largest absolute Gasteiger partial charge is 2.00 e. The molecule has 0 bridgehead atoms. The second kappa shape index (κ2) is 15.8. The zero-order valence-corrected chi connectivity index (χ0v) is 25.0. The first-order chi connectivity index (χ1) is 14.5. The van der Waals surface area contributed by atoms with Gasteiger partial charge in [0.05, 0.1) is 5.34 Å². The smallest absolute Gasteiger partial charge is 1.00 e. The topological polar surface area (TPSA) is 42.4 Å². The molecule has 4 rings (SSSR count). The first kappa shape index (κ1) is 32.0. The van der Waals surface area contributed by atoms with Gasteiger partial charge in [-0.05, 0) is 55.2 Å². The van der Waals surface area contributed by atoms with E-state index in [1.165, 1.54) is 27.8 Å². The number of hydrogen-bond acceptors (Lipinski definition) is 0. The standard InChI is InChI=1S/C24H21N3.CH2Cl2.2BrH.Mg/c1-16-12-17(2)24(18(3)13-16)19-14-22(20-8-4-6-10-25-20)27-23(15-19)21-9-5-7-11-26-21;2-1-3;;;/h4-15H,1-3H3;1H2;2*1H;/q;;;;+2/p+1. The van der Waals surface area contributed by atoms with E-state index in [4.69, 9.17) is 23.2 Å². The van der Waals surface area contributed by atoms with Gasteiger partial charge in [0.2, 0.25) is 0 Å². The molecule has 1 aromatic carbocycles. The van der Waals surface area contributed by atoms with Crippen LogP contribution in [0.1, 0.15) is 16.7 Å². The van der Waals surface area contributed by atoms with E-state index >= 15 is 0 Å². The Hall–Kier alpha value is -1.02. The number of aromatic amines is 3. The normalized spacial score (nSPS) is 9.36. The Bertz CT molecular complexity index is 1050. The maximum Gasteiger partial charge on any atom is 2.00 e. The summed E-state index contributed by atoms with van der Waals surface area (Å²) in [4.78, 5) is 10.3. The van der Waals surface area contributed by atoms with E-state index in [2.05, 4.69) is 72.1 Å². The van der Waals surface area contributed by atoms with E-state index in [0.717, 1.165) is 22.8 Å². The van der Waals surface area contributed by atoms with Crippen molar-refractivity contribution in [2.45, 2.75) is 20.8 Å². The molecule has 0 aliphatic rings. The van der Waals surface area contributed by atoms with Crippen molar-refractivity contribution in [2.24, 2.45) is 0 Å². The fourth-order valence-corrected chi connectivity index (χ4v) is 3.76. The number of aryl methyl sites for hydroxylation is 3. The molecule has 33 heavy (non-hydrogen) atoms. The Labute approximate surface area is 243 Å². The number of alkyl halides is 2. The summed E-state index contributed by atoms with van der Waals surface area (Å²) in [5.74, 6) is 0. The van der Waals surface area contributed by atoms with Crippen LogP contribution in [-0.2, 0) is 0 Å². The Kier molecular flexibility index (Phi) is 15.3. The van der Waals surface area contributed by atoms with Gasteiger partial charge in [-0.25, -0.2) is 9.97 Å². The van der Waals surface area contributed by atoms with Crippen LogP contribution in [-0.4, -0.2) is 28.4 Å². The SMILES string of the molecule is Cc1cc(C)c(-c2cc(-c3cccc[nH+]3)[nH+]c(-c3cccc[nH+]3)c2)c(C)c1.ClCCl.[Br-].[Br-].[Mg+2]. The molecule has 0 aliphatic carbocycles. The van der Waals surface area contributed by atoms with Crippen LogP contribution in [0.5, 0.6) is 0 Å². The predicted octanol–water partition coefficient (Wildman–Crippen LogP) is -0.896. The van der Waals surface area contributed by atoms with Crippen molar-refractivity contribution >= 4 is 46.3 Å². The molecule has 168 valence electrons. The van der Waals surface area contributed by atoms with Gasteiger partial charge in [-0.3, -0.25) is 0 Å². The zero-order valence-electron chi connectivity index (χ0n) is 18.9. The number of benzene rings is 1. The van der Waals surface area contributed by atoms with Crippen molar-refractivity contribution in [1.29, 1.82) is 0 Å². The molecule has 3 nitrogen and oxygen atoms in total. The molecule has 0 aliphatic heterocycles. The molecule has 8 heteroatoms. The molecule has 0 saturated carbocycles. The molecule has 0 spiro atoms. The van der Waals surface area contributed by atoms with Gasteiger partial charge in [-0.2, -0.15) is 4.98 Å². The van der Waals surface area contributed by atoms with E-state index in [9.17, 15) is 0 Å². The number of pyridine rings is 3. The molecular formula is C25H26Br2Cl2MgN3+3. The van der Waals surface area contributed by atoms with Crippen LogP contribution in [0.2, 0.25) is 0 Å². The van der Waals surface area contributed by atoms with Crippen molar-refractivity contribution in [3.8, 4) is 33.9 Å². The van der Waals surface area contributed by atoms with Gasteiger partial charge in [0.15, 0.2) is 12.4 Å². The molecule has 0 amide bonds. The molecule has 4 aromatic rings. The van der Waals surface area contributed by atoms with Gasteiger partial charge < -0.3 is 34.0 Å². The van der Waals surface area contributed by atoms with Crippen LogP contribution in [0.4, 0.5) is 0 Å². The minimum atomic E-state index is 0. The molecule has 0 unspecified atom stereocenters. The number of halogens is 4. The summed E-state index contributed by atoms with van der Waals surface area (Å²) in [6.07, 6.45) is 3.90. The van der Waals surface area contributed by atoms with Crippen molar-refractivity contribution in [3.63, 3.8) is 0 Å². The van der Waals surface area contributed by atoms with Crippen molar-refractivity contribution < 1.29 is 48.9 Å². The molecule has 3 heterocycles. The van der Waals surface area contributed by atoms with Gasteiger partial charge in [0.25, 0.3) is 22.8 Å². The first-order valence-corrected chi connectivity index (χ1v) is 10.8. The molecule has 0 saturated heterocycles. The maximum absolute atomic E-state index is 4.76. The molecule has 0 fully saturated rings. The summed E-state index contributed by atoms with van der Waals surface area (Å²) in [5, 5.41) is 0.194. The van der Waals surface area contributed by atoms with E-state index in [1.54, 1.807) is 0 Å². The maximum atomic E-state index is 4.76. The van der Waals surface area contributed by atoms with Gasteiger partial charge in [0.1, 0.15) is 0 Å². The van der Waals surface area contributed by atoms with E-state index in [-0.39, 0.29) is 62.4 Å². The summed E-state index contributed by atoms with van der Waals surface area (Å²) < 4.78 is 0. The number of aromatic nitrogens is 3. The Morgan fingerprint density at radius 3 is 1.45 bits per heavy atom. The Morgan fingerprint density at radius 1 is 0.667 bits per heavy atom. The Balaban J connectivity index is 0.00000162. The summed E-state index contributed by atoms with van der Waals surface area (Å²) in [7, 11) is 0. The second-order valence-electron chi connectivity index (χ2n) is 7.12. The van der Waals surface area contributed by atoms with Crippen LogP contribution < -0.4 is 48.9 Å². The van der Waals surface area contributed by atoms with Gasteiger partial charge in [0, 0.05) is 36.4 Å². The summed E-state index contributed by atoms with van der Waals surface area (Å²) >= 11 is 9.53. The third-order valence-electron chi connectivity index (χ3n) is 4.83. The summed E-state index contributed by atoms with van der Waals surface area (Å²) in [6, 6.07) is 21.2. The van der Waals surface area contributed by atoms with Crippen LogP contribution in [0.25, 0.3) is 33.9 Å². The second-order valence-corrected chi connectivity index (χ2v) is 7.93. The molecule has 0 atom stereocenters. The average molecular weight is 624 g/mol. The molecule has 3 aromatic heterocycles. The minimum Gasteiger partial charge on any atom is -1.00 e. The van der Waals surface area contributed by atoms with Gasteiger partial charge >= 0.3 is 23.1 Å². The van der Waals surface area contributed by atoms with Crippen molar-refractivity contribution in [3.05, 3.63) is 89.7 Å². The van der Waals surface area contributed by atoms with Gasteiger partial charge in [-0.15, -0.1) is 23.2 Å². The number of nitrogens with one attached hydrogen (secondary N) is 3. The van der Waals surface area contributed by atoms with Crippen LogP contribution in [0, 0.1) is 20.8 Å². The molecular weight excluding hydrogens is 597 g/mol. The van der Waals surface area contributed by atoms with E-state index < -0.39 is 0 Å². The van der Waals surface area contributed by atoms with E-state index in [0.29, 0.717) is 0 Å². The predicted molar refractivity (Wildman–Crippen MR) is 129 cm³/mol. The van der Waals surface area contributed by atoms with Crippen LogP contribution >= 0.6 is 23.2 Å². The number of rotatable bonds is 3. The minimum absolute atomic E-state index is 0. The van der Waals surface area contributed by atoms with E-state index in [1.807, 2.05) is 36.7 Å². The van der Waals surface area contributed by atoms with Crippen molar-refractivity contribution in [2.75, 3.05) is 5.34 Å². The van der Waals surface area contributed by atoms with Gasteiger partial charge in [-0.1, -0.05) is 17.7 Å². The molecule has 3 N–H and O–H groups in total. The monoisotopic (exact) mass is 620 g/mol.